The smallest absolute Gasteiger partial charge is 0.161 e. The minimum Gasteiger partial charge on any atom is -0.380 e. The minimum atomic E-state index is -0.0145. The Morgan fingerprint density at radius 3 is 2.84 bits per heavy atom. The summed E-state index contributed by atoms with van der Waals surface area (Å²) in [5.41, 5.74) is 1.85. The second-order valence-corrected chi connectivity index (χ2v) is 5.92. The number of hydrogen-bond donors (Lipinski definition) is 1. The van der Waals surface area contributed by atoms with Crippen molar-refractivity contribution in [1.29, 1.82) is 5.26 Å². The fraction of sp³-hybridized carbons (Fsp3) is 0.143. The Kier molecular flexibility index (Phi) is 4.35. The highest BCUT2D eigenvalue weighted by molar-refractivity contribution is 9.10. The second kappa shape index (κ2) is 6.00. The molecule has 1 heterocycles. The molecule has 96 valence electrons. The van der Waals surface area contributed by atoms with Crippen molar-refractivity contribution in [2.75, 3.05) is 5.32 Å². The van der Waals surface area contributed by atoms with Crippen LogP contribution in [0.3, 0.4) is 0 Å². The van der Waals surface area contributed by atoms with Gasteiger partial charge >= 0.3 is 0 Å². The molecule has 0 amide bonds. The van der Waals surface area contributed by atoms with E-state index >= 15 is 0 Å². The van der Waals surface area contributed by atoms with E-state index in [0.717, 1.165) is 9.35 Å². The summed E-state index contributed by atoms with van der Waals surface area (Å²) < 4.78 is 1.05. The van der Waals surface area contributed by atoms with E-state index in [1.54, 1.807) is 29.5 Å². The number of ketones is 1. The van der Waals surface area contributed by atoms with Gasteiger partial charge in [-0.2, -0.15) is 5.26 Å². The van der Waals surface area contributed by atoms with Crippen molar-refractivity contribution in [3.63, 3.8) is 0 Å². The van der Waals surface area contributed by atoms with Crippen molar-refractivity contribution in [2.24, 2.45) is 0 Å². The number of anilines is 1. The van der Waals surface area contributed by atoms with Gasteiger partial charge in [0, 0.05) is 32.5 Å². The molecule has 19 heavy (non-hydrogen) atoms. The van der Waals surface area contributed by atoms with Crippen LogP contribution < -0.4 is 5.32 Å². The summed E-state index contributed by atoms with van der Waals surface area (Å²) in [7, 11) is 0. The molecular weight excluding hydrogens is 324 g/mol. The summed E-state index contributed by atoms with van der Waals surface area (Å²) in [6.07, 6.45) is 0. The third-order valence-corrected chi connectivity index (χ3v) is 4.30. The number of benzene rings is 1. The van der Waals surface area contributed by atoms with Gasteiger partial charge in [0.05, 0.1) is 11.6 Å². The first-order valence-electron chi connectivity index (χ1n) is 5.62. The van der Waals surface area contributed by atoms with Crippen molar-refractivity contribution in [1.82, 2.24) is 0 Å². The molecule has 2 rings (SSSR count). The van der Waals surface area contributed by atoms with Crippen LogP contribution in [0.5, 0.6) is 0 Å². The van der Waals surface area contributed by atoms with Gasteiger partial charge in [0.15, 0.2) is 5.78 Å². The summed E-state index contributed by atoms with van der Waals surface area (Å²) in [4.78, 5) is 12.7. The van der Waals surface area contributed by atoms with Crippen molar-refractivity contribution in [3.8, 4) is 6.07 Å². The van der Waals surface area contributed by atoms with Gasteiger partial charge in [-0.1, -0.05) is 0 Å². The Bertz CT molecular complexity index is 658. The molecule has 0 radical (unpaired) electrons. The molecule has 1 aromatic carbocycles. The minimum absolute atomic E-state index is 0.0145. The lowest BCUT2D eigenvalue weighted by Gasteiger charge is -2.09. The molecular formula is C14H11BrN2OS. The number of nitrogens with one attached hydrogen (secondary N) is 1. The SMILES string of the molecule is CC(=O)c1ccc(C#N)cc1NCc1cc(Br)cs1. The maximum atomic E-state index is 11.6. The van der Waals surface area contributed by atoms with Gasteiger partial charge in [-0.25, -0.2) is 0 Å². The van der Waals surface area contributed by atoms with Crippen LogP contribution >= 0.6 is 27.3 Å². The van der Waals surface area contributed by atoms with Crippen LogP contribution in [0.4, 0.5) is 5.69 Å². The Labute approximate surface area is 124 Å². The quantitative estimate of drug-likeness (QED) is 0.852. The molecule has 0 aliphatic rings. The topological polar surface area (TPSA) is 52.9 Å². The van der Waals surface area contributed by atoms with Crippen molar-refractivity contribution >= 4 is 38.7 Å². The number of nitriles is 1. The molecule has 0 saturated heterocycles. The Balaban J connectivity index is 2.22. The van der Waals surface area contributed by atoms with Crippen LogP contribution in [0.25, 0.3) is 0 Å². The third-order valence-electron chi connectivity index (χ3n) is 2.60. The maximum Gasteiger partial charge on any atom is 0.161 e. The van der Waals surface area contributed by atoms with Gasteiger partial charge in [0.1, 0.15) is 0 Å². The van der Waals surface area contributed by atoms with Crippen molar-refractivity contribution in [3.05, 3.63) is 50.1 Å². The van der Waals surface area contributed by atoms with Gasteiger partial charge in [-0.15, -0.1) is 11.3 Å². The molecule has 0 aliphatic heterocycles. The highest BCUT2D eigenvalue weighted by atomic mass is 79.9. The number of carbonyl (C=O) groups excluding carboxylic acids is 1. The summed E-state index contributed by atoms with van der Waals surface area (Å²) in [6.45, 7) is 2.15. The Hall–Kier alpha value is -1.64. The Morgan fingerprint density at radius 1 is 1.47 bits per heavy atom. The van der Waals surface area contributed by atoms with Crippen LogP contribution in [0.15, 0.2) is 34.1 Å². The molecule has 0 spiro atoms. The zero-order valence-corrected chi connectivity index (χ0v) is 12.6. The molecule has 0 bridgehead atoms. The van der Waals surface area contributed by atoms with E-state index in [-0.39, 0.29) is 5.78 Å². The summed E-state index contributed by atoms with van der Waals surface area (Å²) in [5, 5.41) is 14.1. The van der Waals surface area contributed by atoms with E-state index < -0.39 is 0 Å². The van der Waals surface area contributed by atoms with Crippen LogP contribution in [0.1, 0.15) is 27.7 Å². The molecule has 0 aliphatic carbocycles. The fourth-order valence-electron chi connectivity index (χ4n) is 1.70. The standard InChI is InChI=1S/C14H11BrN2OS/c1-9(18)13-3-2-10(6-16)4-14(13)17-7-12-5-11(15)8-19-12/h2-5,8,17H,7H2,1H3. The highest BCUT2D eigenvalue weighted by Crippen LogP contribution is 2.23. The lowest BCUT2D eigenvalue weighted by atomic mass is 10.1. The number of nitrogens with zero attached hydrogens (tertiary/aromatic N) is 1. The largest absolute Gasteiger partial charge is 0.380 e. The first kappa shape index (κ1) is 13.8. The van der Waals surface area contributed by atoms with E-state index in [4.69, 9.17) is 5.26 Å². The number of carbonyl (C=O) groups is 1. The van der Waals surface area contributed by atoms with Gasteiger partial charge in [0.25, 0.3) is 0 Å². The molecule has 0 saturated carbocycles. The van der Waals surface area contributed by atoms with Gasteiger partial charge < -0.3 is 5.32 Å². The maximum absolute atomic E-state index is 11.6. The first-order chi connectivity index (χ1) is 9.10. The fourth-order valence-corrected chi connectivity index (χ4v) is 3.09. The van der Waals surface area contributed by atoms with Crippen LogP contribution in [-0.2, 0) is 6.54 Å². The summed E-state index contributed by atoms with van der Waals surface area (Å²) in [5.74, 6) is -0.0145. The molecule has 0 atom stereocenters. The normalized spacial score (nSPS) is 9.95. The Morgan fingerprint density at radius 2 is 2.26 bits per heavy atom. The molecule has 3 nitrogen and oxygen atoms in total. The van der Waals surface area contributed by atoms with Crippen LogP contribution in [-0.4, -0.2) is 5.78 Å². The van der Waals surface area contributed by atoms with Crippen molar-refractivity contribution in [2.45, 2.75) is 13.5 Å². The monoisotopic (exact) mass is 334 g/mol. The number of thiophene rings is 1. The van der Waals surface area contributed by atoms with E-state index in [1.807, 2.05) is 11.4 Å². The zero-order valence-electron chi connectivity index (χ0n) is 10.2. The molecule has 1 N–H and O–H groups in total. The molecule has 5 heteroatoms. The van der Waals surface area contributed by atoms with Crippen LogP contribution in [0, 0.1) is 11.3 Å². The average molecular weight is 335 g/mol. The number of Topliss-reactive ketones (excluding diaryl/α,β-unsaturated/α-hetero) is 1. The number of rotatable bonds is 4. The summed E-state index contributed by atoms with van der Waals surface area (Å²) in [6, 6.07) is 9.16. The number of halogens is 1. The van der Waals surface area contributed by atoms with Gasteiger partial charge in [-0.3, -0.25) is 4.79 Å². The molecule has 1 aromatic heterocycles. The molecule has 2 aromatic rings. The third kappa shape index (κ3) is 3.43. The highest BCUT2D eigenvalue weighted by Gasteiger charge is 2.08. The van der Waals surface area contributed by atoms with E-state index in [9.17, 15) is 4.79 Å². The van der Waals surface area contributed by atoms with E-state index in [1.165, 1.54) is 6.92 Å². The first-order valence-corrected chi connectivity index (χ1v) is 7.29. The second-order valence-electron chi connectivity index (χ2n) is 4.01. The number of hydrogen-bond acceptors (Lipinski definition) is 4. The average Bonchev–Trinajstić information content (AvgIpc) is 2.81. The molecule has 0 fully saturated rings. The van der Waals surface area contributed by atoms with Gasteiger partial charge in [0.2, 0.25) is 0 Å². The molecule has 0 unspecified atom stereocenters. The summed E-state index contributed by atoms with van der Waals surface area (Å²) >= 11 is 5.04. The van der Waals surface area contributed by atoms with Gasteiger partial charge in [-0.05, 0) is 47.1 Å². The van der Waals surface area contributed by atoms with Crippen LogP contribution in [0.2, 0.25) is 0 Å². The lowest BCUT2D eigenvalue weighted by molar-refractivity contribution is 0.101. The zero-order chi connectivity index (χ0) is 13.8. The van der Waals surface area contributed by atoms with E-state index in [2.05, 4.69) is 27.3 Å². The predicted octanol–water partition coefficient (Wildman–Crippen LogP) is 4.20. The van der Waals surface area contributed by atoms with E-state index in [0.29, 0.717) is 23.4 Å². The van der Waals surface area contributed by atoms with Crippen molar-refractivity contribution < 1.29 is 4.79 Å². The lowest BCUT2D eigenvalue weighted by Crippen LogP contribution is -2.04. The predicted molar refractivity (Wildman–Crippen MR) is 80.5 cm³/mol.